The summed E-state index contributed by atoms with van der Waals surface area (Å²) in [5, 5.41) is 3.05. The molecule has 1 aliphatic heterocycles. The predicted octanol–water partition coefficient (Wildman–Crippen LogP) is 0.476. The van der Waals surface area contributed by atoms with Crippen LogP contribution in [0.2, 0.25) is 0 Å². The fourth-order valence-electron chi connectivity index (χ4n) is 1.91. The molecule has 2 rings (SSSR count). The van der Waals surface area contributed by atoms with E-state index in [1.54, 1.807) is 0 Å². The van der Waals surface area contributed by atoms with Crippen LogP contribution in [-0.2, 0) is 6.42 Å². The smallest absolute Gasteiger partial charge is 0.328 e. The van der Waals surface area contributed by atoms with Crippen molar-refractivity contribution in [2.24, 2.45) is 0 Å². The van der Waals surface area contributed by atoms with Gasteiger partial charge in [-0.2, -0.15) is 0 Å². The molecule has 2 N–H and O–H groups in total. The van der Waals surface area contributed by atoms with Crippen molar-refractivity contribution < 1.29 is 0 Å². The van der Waals surface area contributed by atoms with E-state index in [2.05, 4.69) is 10.3 Å². The molecule has 0 aliphatic carbocycles. The molecule has 15 heavy (non-hydrogen) atoms. The van der Waals surface area contributed by atoms with Gasteiger partial charge in [0, 0.05) is 18.3 Å². The van der Waals surface area contributed by atoms with Crippen LogP contribution in [0.5, 0.6) is 0 Å². The molecule has 0 atom stereocenters. The minimum atomic E-state index is -0.308. The van der Waals surface area contributed by atoms with Gasteiger partial charge in [-0.1, -0.05) is 0 Å². The maximum atomic E-state index is 12.0. The second-order valence-corrected chi connectivity index (χ2v) is 4.08. The van der Waals surface area contributed by atoms with E-state index < -0.39 is 0 Å². The summed E-state index contributed by atoms with van der Waals surface area (Å²) in [6.07, 6.45) is 1.72. The zero-order valence-electron chi connectivity index (χ0n) is 8.96. The van der Waals surface area contributed by atoms with E-state index in [4.69, 9.17) is 0 Å². The van der Waals surface area contributed by atoms with Crippen molar-refractivity contribution in [3.63, 3.8) is 0 Å². The van der Waals surface area contributed by atoms with Gasteiger partial charge in [0.1, 0.15) is 5.69 Å². The number of rotatable bonds is 1. The molecule has 0 fully saturated rings. The van der Waals surface area contributed by atoms with E-state index in [-0.39, 0.29) is 17.3 Å². The normalized spacial score (nSPS) is 14.9. The van der Waals surface area contributed by atoms with E-state index in [9.17, 15) is 9.59 Å². The zero-order valence-corrected chi connectivity index (χ0v) is 8.96. The van der Waals surface area contributed by atoms with Crippen LogP contribution in [0.3, 0.4) is 0 Å². The molecule has 0 aromatic carbocycles. The maximum absolute atomic E-state index is 12.0. The van der Waals surface area contributed by atoms with Crippen molar-refractivity contribution >= 4 is 5.69 Å². The number of aromatic amines is 1. The number of aromatic nitrogens is 2. The fraction of sp³-hybridized carbons (Fsp3) is 0.600. The van der Waals surface area contributed by atoms with E-state index in [0.29, 0.717) is 5.69 Å². The van der Waals surface area contributed by atoms with Crippen LogP contribution < -0.4 is 16.6 Å². The Bertz CT molecular complexity index is 484. The van der Waals surface area contributed by atoms with Gasteiger partial charge in [0.15, 0.2) is 0 Å². The highest BCUT2D eigenvalue weighted by Crippen LogP contribution is 2.13. The third kappa shape index (κ3) is 1.58. The Morgan fingerprint density at radius 1 is 1.33 bits per heavy atom. The Balaban J connectivity index is 2.70. The quantitative estimate of drug-likeness (QED) is 0.706. The summed E-state index contributed by atoms with van der Waals surface area (Å²) in [5.41, 5.74) is 0.795. The van der Waals surface area contributed by atoms with Gasteiger partial charge in [0.25, 0.3) is 5.56 Å². The Kier molecular flexibility index (Phi) is 2.38. The summed E-state index contributed by atoms with van der Waals surface area (Å²) < 4.78 is 1.25. The van der Waals surface area contributed by atoms with Gasteiger partial charge < -0.3 is 10.3 Å². The average Bonchev–Trinajstić information content (AvgIpc) is 2.17. The number of hydrogen-bond acceptors (Lipinski definition) is 3. The number of anilines is 1. The number of fused-ring (bicyclic) bond motifs is 1. The monoisotopic (exact) mass is 209 g/mol. The largest absolute Gasteiger partial charge is 0.379 e. The summed E-state index contributed by atoms with van der Waals surface area (Å²) in [4.78, 5) is 26.4. The maximum Gasteiger partial charge on any atom is 0.328 e. The zero-order chi connectivity index (χ0) is 11.0. The van der Waals surface area contributed by atoms with Gasteiger partial charge in [0.05, 0.1) is 0 Å². The first kappa shape index (κ1) is 10.0. The minimum absolute atomic E-state index is 0.115. The van der Waals surface area contributed by atoms with E-state index in [0.717, 1.165) is 25.1 Å². The summed E-state index contributed by atoms with van der Waals surface area (Å²) in [6, 6.07) is -0.115. The molecule has 82 valence electrons. The van der Waals surface area contributed by atoms with Crippen LogP contribution in [-0.4, -0.2) is 16.1 Å². The Morgan fingerprint density at radius 2 is 2.07 bits per heavy atom. The Morgan fingerprint density at radius 3 is 2.73 bits per heavy atom. The lowest BCUT2D eigenvalue weighted by Gasteiger charge is -2.19. The van der Waals surface area contributed by atoms with Crippen molar-refractivity contribution in [2.75, 3.05) is 11.9 Å². The van der Waals surface area contributed by atoms with Crippen molar-refractivity contribution in [3.8, 4) is 0 Å². The van der Waals surface area contributed by atoms with Crippen LogP contribution >= 0.6 is 0 Å². The first-order chi connectivity index (χ1) is 7.11. The van der Waals surface area contributed by atoms with Gasteiger partial charge in [-0.05, 0) is 26.7 Å². The SMILES string of the molecule is CC(C)n1c(=O)[nH]c2c(c1=O)NCCC2. The average molecular weight is 209 g/mol. The van der Waals surface area contributed by atoms with Crippen LogP contribution in [0.25, 0.3) is 0 Å². The third-order valence-electron chi connectivity index (χ3n) is 2.63. The number of nitrogens with one attached hydrogen (secondary N) is 2. The molecule has 0 spiro atoms. The number of nitrogens with zero attached hydrogens (tertiary/aromatic N) is 1. The lowest BCUT2D eigenvalue weighted by molar-refractivity contribution is 0.540. The second kappa shape index (κ2) is 3.56. The standard InChI is InChI=1S/C10H15N3O2/c1-6(2)13-9(14)8-7(12-10(13)15)4-3-5-11-8/h6,11H,3-5H2,1-2H3,(H,12,15). The van der Waals surface area contributed by atoms with Gasteiger partial charge in [-0.25, -0.2) is 4.79 Å². The molecule has 1 aromatic heterocycles. The summed E-state index contributed by atoms with van der Waals surface area (Å²) >= 11 is 0. The third-order valence-corrected chi connectivity index (χ3v) is 2.63. The van der Waals surface area contributed by atoms with Crippen molar-refractivity contribution in [2.45, 2.75) is 32.7 Å². The Hall–Kier alpha value is -1.52. The topological polar surface area (TPSA) is 66.9 Å². The fourth-order valence-corrected chi connectivity index (χ4v) is 1.91. The lowest BCUT2D eigenvalue weighted by Crippen LogP contribution is -2.40. The van der Waals surface area contributed by atoms with Gasteiger partial charge in [-0.3, -0.25) is 9.36 Å². The van der Waals surface area contributed by atoms with E-state index in [1.165, 1.54) is 4.57 Å². The molecular weight excluding hydrogens is 194 g/mol. The predicted molar refractivity (Wildman–Crippen MR) is 58.5 cm³/mol. The number of H-pyrrole nitrogens is 1. The highest BCUT2D eigenvalue weighted by atomic mass is 16.2. The van der Waals surface area contributed by atoms with Crippen LogP contribution in [0.1, 0.15) is 32.0 Å². The van der Waals surface area contributed by atoms with Gasteiger partial charge >= 0.3 is 5.69 Å². The highest BCUT2D eigenvalue weighted by molar-refractivity contribution is 5.47. The molecule has 1 aromatic rings. The molecule has 5 nitrogen and oxygen atoms in total. The first-order valence-electron chi connectivity index (χ1n) is 5.23. The molecule has 5 heteroatoms. The van der Waals surface area contributed by atoms with Crippen molar-refractivity contribution in [3.05, 3.63) is 26.5 Å². The van der Waals surface area contributed by atoms with Gasteiger partial charge in [0.2, 0.25) is 0 Å². The molecule has 0 radical (unpaired) electrons. The molecular formula is C10H15N3O2. The summed E-state index contributed by atoms with van der Waals surface area (Å²) in [7, 11) is 0. The minimum Gasteiger partial charge on any atom is -0.379 e. The molecule has 0 unspecified atom stereocenters. The number of aryl methyl sites for hydroxylation is 1. The molecule has 1 aliphatic rings. The van der Waals surface area contributed by atoms with Crippen molar-refractivity contribution in [1.82, 2.24) is 9.55 Å². The molecule has 0 amide bonds. The Labute approximate surface area is 87.1 Å². The van der Waals surface area contributed by atoms with Gasteiger partial charge in [-0.15, -0.1) is 0 Å². The van der Waals surface area contributed by atoms with Crippen LogP contribution in [0.15, 0.2) is 9.59 Å². The molecule has 2 heterocycles. The lowest BCUT2D eigenvalue weighted by atomic mass is 10.1. The van der Waals surface area contributed by atoms with Crippen molar-refractivity contribution in [1.29, 1.82) is 0 Å². The molecule has 0 saturated carbocycles. The van der Waals surface area contributed by atoms with Crippen LogP contribution in [0.4, 0.5) is 5.69 Å². The highest BCUT2D eigenvalue weighted by Gasteiger charge is 2.17. The molecule has 0 saturated heterocycles. The second-order valence-electron chi connectivity index (χ2n) is 4.08. The van der Waals surface area contributed by atoms with E-state index >= 15 is 0 Å². The summed E-state index contributed by atoms with van der Waals surface area (Å²) in [5.74, 6) is 0. The molecule has 0 bridgehead atoms. The number of hydrogen-bond donors (Lipinski definition) is 2. The first-order valence-corrected chi connectivity index (χ1v) is 5.23. The summed E-state index contributed by atoms with van der Waals surface area (Å²) in [6.45, 7) is 4.45. The van der Waals surface area contributed by atoms with Crippen LogP contribution in [0, 0.1) is 0 Å². The van der Waals surface area contributed by atoms with E-state index in [1.807, 2.05) is 13.8 Å².